The van der Waals surface area contributed by atoms with Crippen molar-refractivity contribution in [3.63, 3.8) is 0 Å². The van der Waals surface area contributed by atoms with Gasteiger partial charge in [0.1, 0.15) is 0 Å². The number of nitrogens with one attached hydrogen (secondary N) is 1. The quantitative estimate of drug-likeness (QED) is 0.865. The van der Waals surface area contributed by atoms with Crippen molar-refractivity contribution in [1.82, 2.24) is 10.2 Å². The van der Waals surface area contributed by atoms with Crippen LogP contribution >= 0.6 is 0 Å². The van der Waals surface area contributed by atoms with Gasteiger partial charge in [0.2, 0.25) is 5.91 Å². The number of nitrogens with zero attached hydrogens (tertiary/aromatic N) is 1. The minimum atomic E-state index is 0.0242. The van der Waals surface area contributed by atoms with Crippen LogP contribution in [0, 0.1) is 23.2 Å². The minimum Gasteiger partial charge on any atom is -0.354 e. The molecule has 3 heteroatoms. The summed E-state index contributed by atoms with van der Waals surface area (Å²) < 4.78 is 0. The van der Waals surface area contributed by atoms with Gasteiger partial charge in [-0.25, -0.2) is 0 Å². The smallest absolute Gasteiger partial charge is 0.226 e. The van der Waals surface area contributed by atoms with Crippen LogP contribution in [0.1, 0.15) is 64.7 Å². The van der Waals surface area contributed by atoms with Crippen molar-refractivity contribution >= 4 is 5.91 Å². The highest BCUT2D eigenvalue weighted by molar-refractivity contribution is 5.83. The molecule has 124 valence electrons. The fourth-order valence-corrected chi connectivity index (χ4v) is 6.30. The lowest BCUT2D eigenvalue weighted by Gasteiger charge is -2.55. The Morgan fingerprint density at radius 2 is 1.59 bits per heavy atom. The lowest BCUT2D eigenvalue weighted by molar-refractivity contribution is -0.146. The Kier molecular flexibility index (Phi) is 3.96. The van der Waals surface area contributed by atoms with E-state index in [0.717, 1.165) is 24.3 Å². The molecule has 0 radical (unpaired) electrons. The van der Waals surface area contributed by atoms with Crippen LogP contribution in [-0.4, -0.2) is 36.5 Å². The molecule has 3 nitrogen and oxygen atoms in total. The molecule has 0 aromatic heterocycles. The Balaban J connectivity index is 1.34. The summed E-state index contributed by atoms with van der Waals surface area (Å²) in [5.74, 6) is 2.97. The van der Waals surface area contributed by atoms with Gasteiger partial charge >= 0.3 is 0 Å². The van der Waals surface area contributed by atoms with Gasteiger partial charge < -0.3 is 5.32 Å². The average Bonchev–Trinajstić information content (AvgIpc) is 2.51. The summed E-state index contributed by atoms with van der Waals surface area (Å²) in [5, 5.41) is 3.36. The molecular weight excluding hydrogens is 272 g/mol. The standard InChI is InChI=1S/C19H32N2O/c1-14(21-5-3-2-4-6-21)13-20-18(22)19-10-15-7-16(11-19)9-17(8-15)12-19/h14-17H,2-13H2,1H3,(H,20,22). The van der Waals surface area contributed by atoms with Gasteiger partial charge in [0, 0.05) is 18.0 Å². The summed E-state index contributed by atoms with van der Waals surface area (Å²) in [6.07, 6.45) is 11.8. The van der Waals surface area contributed by atoms with Gasteiger partial charge in [-0.1, -0.05) is 6.42 Å². The fourth-order valence-electron chi connectivity index (χ4n) is 6.30. The summed E-state index contributed by atoms with van der Waals surface area (Å²) in [7, 11) is 0. The number of amides is 1. The molecule has 5 rings (SSSR count). The molecule has 1 atom stereocenters. The van der Waals surface area contributed by atoms with E-state index < -0.39 is 0 Å². The van der Waals surface area contributed by atoms with Crippen LogP contribution in [0.2, 0.25) is 0 Å². The molecule has 1 heterocycles. The summed E-state index contributed by atoms with van der Waals surface area (Å²) in [6.45, 7) is 5.56. The van der Waals surface area contributed by atoms with Gasteiger partial charge in [0.05, 0.1) is 0 Å². The molecule has 5 fully saturated rings. The molecule has 1 aliphatic heterocycles. The second kappa shape index (κ2) is 5.81. The summed E-state index contributed by atoms with van der Waals surface area (Å²) in [6, 6.07) is 0.498. The van der Waals surface area contributed by atoms with E-state index in [1.807, 2.05) is 0 Å². The van der Waals surface area contributed by atoms with Crippen LogP contribution in [0.25, 0.3) is 0 Å². The molecular formula is C19H32N2O. The number of carbonyl (C=O) groups is 1. The van der Waals surface area contributed by atoms with Gasteiger partial charge in [0.15, 0.2) is 0 Å². The molecule has 0 spiro atoms. The molecule has 0 aromatic rings. The van der Waals surface area contributed by atoms with Gasteiger partial charge in [0.25, 0.3) is 0 Å². The first kappa shape index (κ1) is 15.0. The lowest BCUT2D eigenvalue weighted by Crippen LogP contribution is -2.55. The first-order valence-corrected chi connectivity index (χ1v) is 9.67. The van der Waals surface area contributed by atoms with Crippen molar-refractivity contribution in [3.8, 4) is 0 Å². The van der Waals surface area contributed by atoms with E-state index in [1.54, 1.807) is 0 Å². The number of piperidine rings is 1. The van der Waals surface area contributed by atoms with Gasteiger partial charge in [-0.3, -0.25) is 9.69 Å². The molecule has 4 saturated carbocycles. The topological polar surface area (TPSA) is 32.3 Å². The highest BCUT2D eigenvalue weighted by atomic mass is 16.2. The zero-order valence-corrected chi connectivity index (χ0v) is 14.2. The first-order valence-electron chi connectivity index (χ1n) is 9.67. The van der Waals surface area contributed by atoms with Gasteiger partial charge in [-0.2, -0.15) is 0 Å². The van der Waals surface area contributed by atoms with Crippen molar-refractivity contribution in [1.29, 1.82) is 0 Å². The Hall–Kier alpha value is -0.570. The Bertz CT molecular complexity index is 392. The van der Waals surface area contributed by atoms with Gasteiger partial charge in [-0.05, 0) is 89.1 Å². The Labute approximate surface area is 135 Å². The molecule has 1 unspecified atom stereocenters. The van der Waals surface area contributed by atoms with E-state index in [9.17, 15) is 4.79 Å². The monoisotopic (exact) mass is 304 g/mol. The molecule has 4 aliphatic carbocycles. The lowest BCUT2D eigenvalue weighted by atomic mass is 9.49. The molecule has 1 N–H and O–H groups in total. The summed E-state index contributed by atoms with van der Waals surface area (Å²) in [4.78, 5) is 15.5. The summed E-state index contributed by atoms with van der Waals surface area (Å²) >= 11 is 0. The maximum Gasteiger partial charge on any atom is 0.226 e. The highest BCUT2D eigenvalue weighted by Crippen LogP contribution is 2.60. The van der Waals surface area contributed by atoms with Crippen LogP contribution in [0.4, 0.5) is 0 Å². The summed E-state index contributed by atoms with van der Waals surface area (Å²) in [5.41, 5.74) is 0.0242. The van der Waals surface area contributed by atoms with Crippen molar-refractivity contribution in [2.75, 3.05) is 19.6 Å². The molecule has 22 heavy (non-hydrogen) atoms. The van der Waals surface area contributed by atoms with Crippen LogP contribution in [0.5, 0.6) is 0 Å². The molecule has 1 amide bonds. The number of hydrogen-bond donors (Lipinski definition) is 1. The van der Waals surface area contributed by atoms with Crippen molar-refractivity contribution in [2.24, 2.45) is 23.2 Å². The number of rotatable bonds is 4. The van der Waals surface area contributed by atoms with Crippen LogP contribution in [-0.2, 0) is 4.79 Å². The first-order chi connectivity index (χ1) is 10.6. The molecule has 1 saturated heterocycles. The predicted molar refractivity (Wildman–Crippen MR) is 88.5 cm³/mol. The van der Waals surface area contributed by atoms with E-state index in [0.29, 0.717) is 11.9 Å². The second-order valence-corrected chi connectivity index (χ2v) is 8.85. The van der Waals surface area contributed by atoms with Crippen molar-refractivity contribution < 1.29 is 4.79 Å². The normalized spacial score (nSPS) is 42.3. The average molecular weight is 304 g/mol. The molecule has 0 aromatic carbocycles. The predicted octanol–water partition coefficient (Wildman–Crippen LogP) is 3.19. The van der Waals surface area contributed by atoms with E-state index in [-0.39, 0.29) is 5.41 Å². The third-order valence-electron chi connectivity index (χ3n) is 7.09. The maximum atomic E-state index is 13.0. The number of likely N-dealkylation sites (tertiary alicyclic amines) is 1. The largest absolute Gasteiger partial charge is 0.354 e. The third kappa shape index (κ3) is 2.70. The maximum absolute atomic E-state index is 13.0. The van der Waals surface area contributed by atoms with E-state index >= 15 is 0 Å². The molecule has 5 aliphatic rings. The Morgan fingerprint density at radius 1 is 1.05 bits per heavy atom. The van der Waals surface area contributed by atoms with E-state index in [1.165, 1.54) is 70.9 Å². The zero-order chi connectivity index (χ0) is 15.2. The molecule has 4 bridgehead atoms. The Morgan fingerprint density at radius 3 is 2.14 bits per heavy atom. The van der Waals surface area contributed by atoms with E-state index in [2.05, 4.69) is 17.1 Å². The highest BCUT2D eigenvalue weighted by Gasteiger charge is 2.54. The number of carbonyl (C=O) groups excluding carboxylic acids is 1. The van der Waals surface area contributed by atoms with Crippen LogP contribution in [0.15, 0.2) is 0 Å². The SMILES string of the molecule is CC(CNC(=O)C12CC3CC(CC(C3)C1)C2)N1CCCCC1. The minimum absolute atomic E-state index is 0.0242. The van der Waals surface area contributed by atoms with Crippen molar-refractivity contribution in [2.45, 2.75) is 70.8 Å². The van der Waals surface area contributed by atoms with Crippen LogP contribution < -0.4 is 5.32 Å². The van der Waals surface area contributed by atoms with Crippen LogP contribution in [0.3, 0.4) is 0 Å². The second-order valence-electron chi connectivity index (χ2n) is 8.85. The van der Waals surface area contributed by atoms with E-state index in [4.69, 9.17) is 0 Å². The number of hydrogen-bond acceptors (Lipinski definition) is 2. The third-order valence-corrected chi connectivity index (χ3v) is 7.09. The van der Waals surface area contributed by atoms with Crippen molar-refractivity contribution in [3.05, 3.63) is 0 Å². The fraction of sp³-hybridized carbons (Fsp3) is 0.947. The zero-order valence-electron chi connectivity index (χ0n) is 14.2. The van der Waals surface area contributed by atoms with Gasteiger partial charge in [-0.15, -0.1) is 0 Å².